The van der Waals surface area contributed by atoms with Gasteiger partial charge in [0.2, 0.25) is 0 Å². The summed E-state index contributed by atoms with van der Waals surface area (Å²) in [5.74, 6) is 0. The first-order chi connectivity index (χ1) is 25.3. The lowest BCUT2D eigenvalue weighted by Gasteiger charge is -2.10. The Kier molecular flexibility index (Phi) is 5.98. The molecule has 0 bridgehead atoms. The molecule has 0 unspecified atom stereocenters. The number of hydrogen-bond acceptors (Lipinski definition) is 2. The topological polar surface area (TPSA) is 35.6 Å². The Morgan fingerprint density at radius 1 is 0.412 bits per heavy atom. The standard InChI is InChI=1S/C47H30N4/c1-3-11-34(12-4-1)50-43-17-9-7-15-36(43)39-24-30(19-21-45(39)50)33-23-32-26-38-41(28-48-29-42(38)47(32)49-27-33)31-20-22-46-40(25-31)37-16-8-10-18-44(37)51(46)35-13-5-2-6-14-35/h1-25,27-29H,26H2. The van der Waals surface area contributed by atoms with Crippen molar-refractivity contribution in [1.82, 2.24) is 19.1 Å². The summed E-state index contributed by atoms with van der Waals surface area (Å²) >= 11 is 0. The van der Waals surface area contributed by atoms with Gasteiger partial charge in [0.25, 0.3) is 0 Å². The van der Waals surface area contributed by atoms with Gasteiger partial charge in [-0.1, -0.05) is 84.9 Å². The Hall–Kier alpha value is -6.78. The minimum absolute atomic E-state index is 0.822. The SMILES string of the molecule is c1ccc(-n2c3ccccc3c3cc(-c4cnc5c(c4)Cc4c(-c6ccc7c(c6)c6ccccc6n7-c6ccccc6)cncc4-5)ccc32)cc1. The zero-order valence-electron chi connectivity index (χ0n) is 27.7. The third-order valence-corrected chi connectivity index (χ3v) is 10.7. The summed E-state index contributed by atoms with van der Waals surface area (Å²) in [4.78, 5) is 9.84. The van der Waals surface area contributed by atoms with Crippen molar-refractivity contribution in [2.45, 2.75) is 6.42 Å². The molecule has 0 aliphatic heterocycles. The Balaban J connectivity index is 0.999. The normalized spacial score (nSPS) is 12.2. The molecule has 0 spiro atoms. The first-order valence-corrected chi connectivity index (χ1v) is 17.4. The number of nitrogens with zero attached hydrogens (tertiary/aromatic N) is 4. The number of rotatable bonds is 4. The van der Waals surface area contributed by atoms with Crippen molar-refractivity contribution in [2.24, 2.45) is 0 Å². The van der Waals surface area contributed by atoms with Gasteiger partial charge in [0.1, 0.15) is 0 Å². The highest BCUT2D eigenvalue weighted by molar-refractivity contribution is 6.11. The Morgan fingerprint density at radius 3 is 1.59 bits per heavy atom. The van der Waals surface area contributed by atoms with Gasteiger partial charge < -0.3 is 9.13 Å². The second kappa shape index (κ2) is 10.9. The van der Waals surface area contributed by atoms with Gasteiger partial charge in [-0.25, -0.2) is 0 Å². The molecule has 10 aromatic rings. The molecule has 1 aliphatic rings. The number of pyridine rings is 2. The minimum atomic E-state index is 0.822. The molecule has 4 heteroatoms. The van der Waals surface area contributed by atoms with E-state index >= 15 is 0 Å². The van der Waals surface area contributed by atoms with Gasteiger partial charge in [0.05, 0.1) is 27.8 Å². The van der Waals surface area contributed by atoms with Crippen LogP contribution in [0.25, 0.3) is 88.5 Å². The van der Waals surface area contributed by atoms with E-state index in [1.54, 1.807) is 0 Å². The first-order valence-electron chi connectivity index (χ1n) is 17.4. The summed E-state index contributed by atoms with van der Waals surface area (Å²) in [7, 11) is 0. The van der Waals surface area contributed by atoms with Crippen molar-refractivity contribution in [1.29, 1.82) is 0 Å². The average Bonchev–Trinajstić information content (AvgIpc) is 3.85. The van der Waals surface area contributed by atoms with Crippen LogP contribution < -0.4 is 0 Å². The molecule has 0 radical (unpaired) electrons. The number of aromatic nitrogens is 4. The van der Waals surface area contributed by atoms with Crippen LogP contribution in [-0.2, 0) is 6.42 Å². The molecule has 51 heavy (non-hydrogen) atoms. The van der Waals surface area contributed by atoms with Gasteiger partial charge in [0, 0.05) is 74.6 Å². The van der Waals surface area contributed by atoms with E-state index in [2.05, 4.69) is 161 Å². The maximum absolute atomic E-state index is 5.09. The second-order valence-corrected chi connectivity index (χ2v) is 13.5. The molecule has 4 nitrogen and oxygen atoms in total. The molecule has 0 amide bonds. The molecule has 11 rings (SSSR count). The lowest BCUT2D eigenvalue weighted by molar-refractivity contribution is 1.18. The molecule has 0 fully saturated rings. The van der Waals surface area contributed by atoms with E-state index in [1.165, 1.54) is 77.1 Å². The van der Waals surface area contributed by atoms with Gasteiger partial charge in [0.15, 0.2) is 0 Å². The molecule has 4 heterocycles. The summed E-state index contributed by atoms with van der Waals surface area (Å²) in [6, 6.07) is 54.6. The molecule has 4 aromatic heterocycles. The quantitative estimate of drug-likeness (QED) is 0.190. The zero-order valence-corrected chi connectivity index (χ0v) is 27.7. The van der Waals surface area contributed by atoms with E-state index < -0.39 is 0 Å². The number of hydrogen-bond donors (Lipinski definition) is 0. The third-order valence-electron chi connectivity index (χ3n) is 10.7. The fourth-order valence-electron chi connectivity index (χ4n) is 8.37. The predicted molar refractivity (Wildman–Crippen MR) is 210 cm³/mol. The van der Waals surface area contributed by atoms with Crippen molar-refractivity contribution in [2.75, 3.05) is 0 Å². The van der Waals surface area contributed by atoms with Crippen LogP contribution in [0.3, 0.4) is 0 Å². The molecule has 0 N–H and O–H groups in total. The lowest BCUT2D eigenvalue weighted by Crippen LogP contribution is -1.93. The van der Waals surface area contributed by atoms with E-state index in [4.69, 9.17) is 9.97 Å². The summed E-state index contributed by atoms with van der Waals surface area (Å²) in [5, 5.41) is 4.98. The van der Waals surface area contributed by atoms with Gasteiger partial charge in [-0.05, 0) is 89.0 Å². The van der Waals surface area contributed by atoms with Gasteiger partial charge >= 0.3 is 0 Å². The fourth-order valence-corrected chi connectivity index (χ4v) is 8.37. The molecular weight excluding hydrogens is 621 g/mol. The van der Waals surface area contributed by atoms with Gasteiger partial charge in [-0.15, -0.1) is 0 Å². The summed E-state index contributed by atoms with van der Waals surface area (Å²) < 4.78 is 4.72. The van der Waals surface area contributed by atoms with Crippen LogP contribution in [-0.4, -0.2) is 19.1 Å². The van der Waals surface area contributed by atoms with Crippen molar-refractivity contribution in [3.63, 3.8) is 0 Å². The van der Waals surface area contributed by atoms with Crippen LogP contribution in [0.15, 0.2) is 170 Å². The lowest BCUT2D eigenvalue weighted by atomic mass is 9.97. The summed E-state index contributed by atoms with van der Waals surface area (Å²) in [6.45, 7) is 0. The summed E-state index contributed by atoms with van der Waals surface area (Å²) in [5.41, 5.74) is 16.5. The zero-order chi connectivity index (χ0) is 33.5. The molecule has 0 saturated carbocycles. The van der Waals surface area contributed by atoms with Crippen LogP contribution in [0.5, 0.6) is 0 Å². The maximum Gasteiger partial charge on any atom is 0.0756 e. The van der Waals surface area contributed by atoms with Crippen LogP contribution in [0, 0.1) is 0 Å². The highest BCUT2D eigenvalue weighted by Crippen LogP contribution is 2.43. The van der Waals surface area contributed by atoms with Crippen molar-refractivity contribution in [3.05, 3.63) is 181 Å². The Morgan fingerprint density at radius 2 is 0.941 bits per heavy atom. The predicted octanol–water partition coefficient (Wildman–Crippen LogP) is 11.6. The smallest absolute Gasteiger partial charge is 0.0756 e. The van der Waals surface area contributed by atoms with E-state index in [9.17, 15) is 0 Å². The molecule has 0 atom stereocenters. The maximum atomic E-state index is 5.09. The molecule has 1 aliphatic carbocycles. The highest BCUT2D eigenvalue weighted by Gasteiger charge is 2.25. The van der Waals surface area contributed by atoms with Crippen molar-refractivity contribution < 1.29 is 0 Å². The Labute approximate surface area is 294 Å². The van der Waals surface area contributed by atoms with Crippen LogP contribution in [0.4, 0.5) is 0 Å². The van der Waals surface area contributed by atoms with E-state index in [0.29, 0.717) is 0 Å². The van der Waals surface area contributed by atoms with Gasteiger partial charge in [-0.2, -0.15) is 0 Å². The largest absolute Gasteiger partial charge is 0.309 e. The molecule has 6 aromatic carbocycles. The van der Waals surface area contributed by atoms with E-state index in [-0.39, 0.29) is 0 Å². The molecular formula is C47H30N4. The van der Waals surface area contributed by atoms with E-state index in [0.717, 1.165) is 28.9 Å². The minimum Gasteiger partial charge on any atom is -0.309 e. The van der Waals surface area contributed by atoms with Crippen LogP contribution in [0.1, 0.15) is 11.1 Å². The first kappa shape index (κ1) is 28.1. The summed E-state index contributed by atoms with van der Waals surface area (Å²) in [6.07, 6.45) is 6.87. The fraction of sp³-hybridized carbons (Fsp3) is 0.0213. The molecule has 0 saturated heterocycles. The average molecular weight is 651 g/mol. The number of fused-ring (bicyclic) bond motifs is 9. The number of benzene rings is 6. The van der Waals surface area contributed by atoms with Gasteiger partial charge in [-0.3, -0.25) is 9.97 Å². The highest BCUT2D eigenvalue weighted by atomic mass is 15.0. The van der Waals surface area contributed by atoms with Crippen molar-refractivity contribution in [3.8, 4) is 44.9 Å². The van der Waals surface area contributed by atoms with Crippen LogP contribution in [0.2, 0.25) is 0 Å². The van der Waals surface area contributed by atoms with Crippen LogP contribution >= 0.6 is 0 Å². The third kappa shape index (κ3) is 4.20. The van der Waals surface area contributed by atoms with E-state index in [1.807, 2.05) is 18.6 Å². The van der Waals surface area contributed by atoms with Crippen molar-refractivity contribution >= 4 is 43.6 Å². The monoisotopic (exact) mass is 650 g/mol. The number of para-hydroxylation sites is 4. The Bertz CT molecular complexity index is 2990. The second-order valence-electron chi connectivity index (χ2n) is 13.5. The molecule has 238 valence electrons.